The van der Waals surface area contributed by atoms with E-state index in [2.05, 4.69) is 5.32 Å². The van der Waals surface area contributed by atoms with Crippen molar-refractivity contribution < 1.29 is 14.3 Å². The summed E-state index contributed by atoms with van der Waals surface area (Å²) >= 11 is 0. The quantitative estimate of drug-likeness (QED) is 0.692. The van der Waals surface area contributed by atoms with Crippen molar-refractivity contribution in [3.8, 4) is 0 Å². The van der Waals surface area contributed by atoms with Crippen molar-refractivity contribution in [1.82, 2.24) is 5.32 Å². The SMILES string of the molecule is O=C(O)C1CCC(CCCCF)CCN1. The number of hydrogen-bond acceptors (Lipinski definition) is 2. The first kappa shape index (κ1) is 12.4. The Kier molecular flexibility index (Phi) is 5.61. The summed E-state index contributed by atoms with van der Waals surface area (Å²) in [5, 5.41) is 11.9. The highest BCUT2D eigenvalue weighted by molar-refractivity contribution is 5.73. The molecule has 0 aromatic rings. The van der Waals surface area contributed by atoms with Crippen molar-refractivity contribution in [2.45, 2.75) is 44.6 Å². The molecule has 1 rings (SSSR count). The highest BCUT2D eigenvalue weighted by Gasteiger charge is 2.22. The topological polar surface area (TPSA) is 49.3 Å². The average molecular weight is 217 g/mol. The van der Waals surface area contributed by atoms with E-state index in [1.807, 2.05) is 0 Å². The lowest BCUT2D eigenvalue weighted by Crippen LogP contribution is -2.35. The molecular weight excluding hydrogens is 197 g/mol. The van der Waals surface area contributed by atoms with Gasteiger partial charge in [0, 0.05) is 0 Å². The molecule has 0 bridgehead atoms. The van der Waals surface area contributed by atoms with Crippen molar-refractivity contribution in [2.75, 3.05) is 13.2 Å². The Morgan fingerprint density at radius 1 is 1.33 bits per heavy atom. The Balaban J connectivity index is 2.23. The van der Waals surface area contributed by atoms with Crippen LogP contribution in [0, 0.1) is 5.92 Å². The van der Waals surface area contributed by atoms with Gasteiger partial charge in [-0.05, 0) is 38.1 Å². The van der Waals surface area contributed by atoms with Crippen molar-refractivity contribution in [3.63, 3.8) is 0 Å². The van der Waals surface area contributed by atoms with E-state index in [1.165, 1.54) is 0 Å². The van der Waals surface area contributed by atoms with Crippen LogP contribution in [-0.2, 0) is 4.79 Å². The van der Waals surface area contributed by atoms with Crippen LogP contribution in [0.4, 0.5) is 4.39 Å². The van der Waals surface area contributed by atoms with Crippen LogP contribution >= 0.6 is 0 Å². The van der Waals surface area contributed by atoms with Gasteiger partial charge in [-0.1, -0.05) is 12.8 Å². The monoisotopic (exact) mass is 217 g/mol. The van der Waals surface area contributed by atoms with E-state index >= 15 is 0 Å². The van der Waals surface area contributed by atoms with Crippen molar-refractivity contribution in [1.29, 1.82) is 0 Å². The van der Waals surface area contributed by atoms with E-state index in [0.717, 1.165) is 32.2 Å². The zero-order chi connectivity index (χ0) is 11.1. The highest BCUT2D eigenvalue weighted by atomic mass is 19.1. The van der Waals surface area contributed by atoms with Crippen LogP contribution in [0.1, 0.15) is 38.5 Å². The van der Waals surface area contributed by atoms with Gasteiger partial charge in [0.1, 0.15) is 6.04 Å². The van der Waals surface area contributed by atoms with E-state index < -0.39 is 5.97 Å². The molecule has 0 aliphatic carbocycles. The Morgan fingerprint density at radius 3 is 2.80 bits per heavy atom. The zero-order valence-corrected chi connectivity index (χ0v) is 9.04. The number of unbranched alkanes of at least 4 members (excludes halogenated alkanes) is 1. The molecule has 0 aromatic carbocycles. The molecule has 4 heteroatoms. The molecule has 88 valence electrons. The van der Waals surface area contributed by atoms with E-state index in [1.54, 1.807) is 0 Å². The van der Waals surface area contributed by atoms with Gasteiger partial charge in [-0.15, -0.1) is 0 Å². The van der Waals surface area contributed by atoms with Gasteiger partial charge in [0.25, 0.3) is 0 Å². The fourth-order valence-electron chi connectivity index (χ4n) is 2.14. The summed E-state index contributed by atoms with van der Waals surface area (Å²) in [5.41, 5.74) is 0. The summed E-state index contributed by atoms with van der Waals surface area (Å²) in [6.45, 7) is 0.542. The van der Waals surface area contributed by atoms with Crippen molar-refractivity contribution in [2.24, 2.45) is 5.92 Å². The average Bonchev–Trinajstić information content (AvgIpc) is 2.44. The van der Waals surface area contributed by atoms with Gasteiger partial charge in [-0.3, -0.25) is 9.18 Å². The predicted molar refractivity (Wildman–Crippen MR) is 56.6 cm³/mol. The van der Waals surface area contributed by atoms with E-state index in [0.29, 0.717) is 18.8 Å². The van der Waals surface area contributed by atoms with Gasteiger partial charge in [-0.2, -0.15) is 0 Å². The molecule has 0 radical (unpaired) electrons. The first-order chi connectivity index (χ1) is 7.24. The standard InChI is InChI=1S/C11H20FNO2/c12-7-2-1-3-9-4-5-10(11(14)15)13-8-6-9/h9-10,13H,1-8H2,(H,14,15). The Labute approximate surface area is 90.1 Å². The summed E-state index contributed by atoms with van der Waals surface area (Å²) in [6.07, 6.45) is 5.30. The lowest BCUT2D eigenvalue weighted by Gasteiger charge is -2.12. The first-order valence-corrected chi connectivity index (χ1v) is 5.76. The molecule has 15 heavy (non-hydrogen) atoms. The predicted octanol–water partition coefficient (Wildman–Crippen LogP) is 1.97. The number of carboxylic acid groups (broad SMARTS) is 1. The number of halogens is 1. The fraction of sp³-hybridized carbons (Fsp3) is 0.909. The molecular formula is C11H20FNO2. The maximum absolute atomic E-state index is 11.9. The minimum Gasteiger partial charge on any atom is -0.480 e. The van der Waals surface area contributed by atoms with Crippen LogP contribution < -0.4 is 5.32 Å². The maximum Gasteiger partial charge on any atom is 0.320 e. The molecule has 2 unspecified atom stereocenters. The smallest absolute Gasteiger partial charge is 0.320 e. The number of carboxylic acids is 1. The number of hydrogen-bond donors (Lipinski definition) is 2. The largest absolute Gasteiger partial charge is 0.480 e. The molecule has 1 fully saturated rings. The number of rotatable bonds is 5. The molecule has 1 heterocycles. The van der Waals surface area contributed by atoms with Crippen LogP contribution in [0.15, 0.2) is 0 Å². The number of nitrogens with one attached hydrogen (secondary N) is 1. The molecule has 0 saturated carbocycles. The zero-order valence-electron chi connectivity index (χ0n) is 9.04. The van der Waals surface area contributed by atoms with Crippen molar-refractivity contribution >= 4 is 5.97 Å². The first-order valence-electron chi connectivity index (χ1n) is 5.76. The fourth-order valence-corrected chi connectivity index (χ4v) is 2.14. The van der Waals surface area contributed by atoms with Gasteiger partial charge < -0.3 is 10.4 Å². The van der Waals surface area contributed by atoms with Gasteiger partial charge >= 0.3 is 5.97 Å². The van der Waals surface area contributed by atoms with Gasteiger partial charge in [0.15, 0.2) is 0 Å². The molecule has 2 N–H and O–H groups in total. The third kappa shape index (κ3) is 4.60. The maximum atomic E-state index is 11.9. The third-order valence-corrected chi connectivity index (χ3v) is 3.10. The minimum absolute atomic E-state index is 0.233. The minimum atomic E-state index is -0.751. The Hall–Kier alpha value is -0.640. The second-order valence-electron chi connectivity index (χ2n) is 4.26. The van der Waals surface area contributed by atoms with E-state index in [4.69, 9.17) is 5.11 Å². The molecule has 2 atom stereocenters. The normalized spacial score (nSPS) is 27.3. The summed E-state index contributed by atoms with van der Waals surface area (Å²) < 4.78 is 11.9. The summed E-state index contributed by atoms with van der Waals surface area (Å²) in [6, 6.07) is -0.379. The van der Waals surface area contributed by atoms with Gasteiger partial charge in [-0.25, -0.2) is 0 Å². The van der Waals surface area contributed by atoms with Gasteiger partial charge in [0.2, 0.25) is 0 Å². The second kappa shape index (κ2) is 6.77. The van der Waals surface area contributed by atoms with Gasteiger partial charge in [0.05, 0.1) is 6.67 Å². The number of alkyl halides is 1. The molecule has 3 nitrogen and oxygen atoms in total. The lowest BCUT2D eigenvalue weighted by molar-refractivity contribution is -0.139. The summed E-state index contributed by atoms with van der Waals surface area (Å²) in [7, 11) is 0. The molecule has 0 amide bonds. The molecule has 1 aliphatic rings. The molecule has 1 aliphatic heterocycles. The van der Waals surface area contributed by atoms with Crippen LogP contribution in [0.5, 0.6) is 0 Å². The van der Waals surface area contributed by atoms with Crippen LogP contribution in [-0.4, -0.2) is 30.3 Å². The van der Waals surface area contributed by atoms with E-state index in [-0.39, 0.29) is 12.7 Å². The summed E-state index contributed by atoms with van der Waals surface area (Å²) in [5.74, 6) is -0.173. The summed E-state index contributed by atoms with van der Waals surface area (Å²) in [4.78, 5) is 10.8. The number of carbonyl (C=O) groups is 1. The third-order valence-electron chi connectivity index (χ3n) is 3.10. The highest BCUT2D eigenvalue weighted by Crippen LogP contribution is 2.22. The lowest BCUT2D eigenvalue weighted by atomic mass is 9.93. The molecule has 0 spiro atoms. The second-order valence-corrected chi connectivity index (χ2v) is 4.26. The Morgan fingerprint density at radius 2 is 2.13 bits per heavy atom. The molecule has 0 aromatic heterocycles. The van der Waals surface area contributed by atoms with Crippen LogP contribution in [0.3, 0.4) is 0 Å². The van der Waals surface area contributed by atoms with Crippen LogP contribution in [0.2, 0.25) is 0 Å². The van der Waals surface area contributed by atoms with Crippen LogP contribution in [0.25, 0.3) is 0 Å². The number of aliphatic carboxylic acids is 1. The Bertz CT molecular complexity index is 199. The van der Waals surface area contributed by atoms with E-state index in [9.17, 15) is 9.18 Å². The van der Waals surface area contributed by atoms with Crippen molar-refractivity contribution in [3.05, 3.63) is 0 Å². The molecule has 1 saturated heterocycles.